The van der Waals surface area contributed by atoms with Crippen LogP contribution in [0, 0.1) is 0 Å². The molecule has 3 aliphatic heterocycles. The highest BCUT2D eigenvalue weighted by Gasteiger charge is 2.51. The smallest absolute Gasteiger partial charge is 0.246 e. The number of hydrogen-bond acceptors (Lipinski definition) is 3. The minimum atomic E-state index is -0.525. The molecule has 0 unspecified atom stereocenters. The van der Waals surface area contributed by atoms with Crippen LogP contribution < -0.4 is 0 Å². The lowest BCUT2D eigenvalue weighted by Gasteiger charge is -2.38. The molecule has 2 amide bonds. The third-order valence-corrected chi connectivity index (χ3v) is 3.67. The van der Waals surface area contributed by atoms with Gasteiger partial charge in [-0.1, -0.05) is 0 Å². The highest BCUT2D eigenvalue weighted by molar-refractivity contribution is 5.98. The van der Waals surface area contributed by atoms with E-state index >= 15 is 0 Å². The maximum atomic E-state index is 12.0. The summed E-state index contributed by atoms with van der Waals surface area (Å²) in [6.45, 7) is 1.04. The summed E-state index contributed by atoms with van der Waals surface area (Å²) in [6.07, 6.45) is 1.59. The molecule has 82 valence electrons. The van der Waals surface area contributed by atoms with E-state index in [1.807, 2.05) is 0 Å². The molecule has 0 saturated carbocycles. The summed E-state index contributed by atoms with van der Waals surface area (Å²) in [7, 11) is 0. The number of amides is 2. The molecule has 0 aliphatic carbocycles. The van der Waals surface area contributed by atoms with Gasteiger partial charge in [-0.2, -0.15) is 0 Å². The highest BCUT2D eigenvalue weighted by atomic mass is 16.3. The Labute approximate surface area is 87.6 Å². The molecule has 0 aromatic heterocycles. The Balaban J connectivity index is 1.93. The Bertz CT molecular complexity index is 301. The number of aliphatic hydroxyl groups excluding tert-OH is 1. The molecule has 3 fully saturated rings. The van der Waals surface area contributed by atoms with Crippen molar-refractivity contribution < 1.29 is 14.7 Å². The van der Waals surface area contributed by atoms with Crippen molar-refractivity contribution in [2.24, 2.45) is 0 Å². The molecule has 3 aliphatic rings. The fourth-order valence-corrected chi connectivity index (χ4v) is 2.96. The maximum Gasteiger partial charge on any atom is 0.246 e. The number of carbonyl (C=O) groups is 2. The first-order valence-corrected chi connectivity index (χ1v) is 5.47. The number of nitrogens with zero attached hydrogens (tertiary/aromatic N) is 2. The summed E-state index contributed by atoms with van der Waals surface area (Å²) in [5.41, 5.74) is 0. The van der Waals surface area contributed by atoms with Gasteiger partial charge in [0.1, 0.15) is 12.1 Å². The number of carbonyl (C=O) groups excluding carboxylic acids is 2. The predicted molar refractivity (Wildman–Crippen MR) is 50.9 cm³/mol. The zero-order valence-corrected chi connectivity index (χ0v) is 8.43. The minimum absolute atomic E-state index is 0.0358. The van der Waals surface area contributed by atoms with E-state index < -0.39 is 6.10 Å². The van der Waals surface area contributed by atoms with Gasteiger partial charge in [0.25, 0.3) is 0 Å². The Hall–Kier alpha value is -1.10. The Kier molecular flexibility index (Phi) is 1.80. The van der Waals surface area contributed by atoms with Gasteiger partial charge in [0, 0.05) is 19.5 Å². The Morgan fingerprint density at radius 3 is 2.67 bits per heavy atom. The number of rotatable bonds is 0. The van der Waals surface area contributed by atoms with Crippen molar-refractivity contribution in [3.8, 4) is 0 Å². The highest BCUT2D eigenvalue weighted by Crippen LogP contribution is 2.31. The van der Waals surface area contributed by atoms with Crippen molar-refractivity contribution in [1.29, 1.82) is 0 Å². The molecule has 3 atom stereocenters. The van der Waals surface area contributed by atoms with Gasteiger partial charge in [0.15, 0.2) is 0 Å². The first kappa shape index (κ1) is 9.15. The van der Waals surface area contributed by atoms with Crippen LogP contribution in [0.15, 0.2) is 0 Å². The molecular weight excluding hydrogens is 196 g/mol. The van der Waals surface area contributed by atoms with Gasteiger partial charge in [-0.25, -0.2) is 0 Å². The van der Waals surface area contributed by atoms with Gasteiger partial charge < -0.3 is 14.9 Å². The van der Waals surface area contributed by atoms with Gasteiger partial charge in [0.05, 0.1) is 6.10 Å². The molecular formula is C10H14N2O3. The molecule has 0 radical (unpaired) electrons. The van der Waals surface area contributed by atoms with E-state index in [0.717, 1.165) is 12.8 Å². The molecule has 3 saturated heterocycles. The standard InChI is InChI=1S/C10H14N2O3/c13-6-4-8-10(15)11-3-1-2-7(11)9(14)12(8)5-6/h6-8,13H,1-5H2/t6-,7-,8-/m1/s1. The van der Waals surface area contributed by atoms with Crippen molar-refractivity contribution in [2.45, 2.75) is 37.5 Å². The predicted octanol–water partition coefficient (Wildman–Crippen LogP) is -1.05. The van der Waals surface area contributed by atoms with Crippen LogP contribution in [0.25, 0.3) is 0 Å². The molecule has 5 nitrogen and oxygen atoms in total. The van der Waals surface area contributed by atoms with Crippen molar-refractivity contribution in [1.82, 2.24) is 9.80 Å². The molecule has 3 heterocycles. The largest absolute Gasteiger partial charge is 0.391 e. The summed E-state index contributed by atoms with van der Waals surface area (Å²) in [4.78, 5) is 27.3. The number of aliphatic hydroxyl groups is 1. The van der Waals surface area contributed by atoms with Crippen LogP contribution in [0.1, 0.15) is 19.3 Å². The van der Waals surface area contributed by atoms with Crippen molar-refractivity contribution >= 4 is 11.8 Å². The molecule has 0 aromatic carbocycles. The average molecular weight is 210 g/mol. The quantitative estimate of drug-likeness (QED) is 0.555. The van der Waals surface area contributed by atoms with E-state index in [4.69, 9.17) is 0 Å². The summed E-state index contributed by atoms with van der Waals surface area (Å²) < 4.78 is 0. The van der Waals surface area contributed by atoms with E-state index in [1.165, 1.54) is 0 Å². The van der Waals surface area contributed by atoms with Crippen LogP contribution in [0.3, 0.4) is 0 Å². The fourth-order valence-electron chi connectivity index (χ4n) is 2.96. The number of piperazine rings is 1. The van der Waals surface area contributed by atoms with Gasteiger partial charge in [-0.05, 0) is 12.8 Å². The molecule has 15 heavy (non-hydrogen) atoms. The Morgan fingerprint density at radius 2 is 1.87 bits per heavy atom. The van der Waals surface area contributed by atoms with Gasteiger partial charge >= 0.3 is 0 Å². The van der Waals surface area contributed by atoms with Crippen LogP contribution in [-0.4, -0.2) is 58.0 Å². The zero-order chi connectivity index (χ0) is 10.6. The first-order valence-electron chi connectivity index (χ1n) is 5.47. The number of fused-ring (bicyclic) bond motifs is 2. The van der Waals surface area contributed by atoms with E-state index in [-0.39, 0.29) is 23.9 Å². The van der Waals surface area contributed by atoms with E-state index in [0.29, 0.717) is 19.5 Å². The average Bonchev–Trinajstić information content (AvgIpc) is 2.79. The molecule has 5 heteroatoms. The third kappa shape index (κ3) is 1.13. The van der Waals surface area contributed by atoms with E-state index in [2.05, 4.69) is 0 Å². The van der Waals surface area contributed by atoms with Gasteiger partial charge in [-0.15, -0.1) is 0 Å². The number of hydrogen-bond donors (Lipinski definition) is 1. The molecule has 1 N–H and O–H groups in total. The van der Waals surface area contributed by atoms with Gasteiger partial charge in [0.2, 0.25) is 11.8 Å². The lowest BCUT2D eigenvalue weighted by molar-refractivity contribution is -0.156. The molecule has 0 aromatic rings. The monoisotopic (exact) mass is 210 g/mol. The van der Waals surface area contributed by atoms with Crippen LogP contribution >= 0.6 is 0 Å². The van der Waals surface area contributed by atoms with Gasteiger partial charge in [-0.3, -0.25) is 9.59 Å². The zero-order valence-electron chi connectivity index (χ0n) is 8.43. The van der Waals surface area contributed by atoms with Crippen molar-refractivity contribution in [3.05, 3.63) is 0 Å². The molecule has 0 spiro atoms. The van der Waals surface area contributed by atoms with E-state index in [1.54, 1.807) is 9.80 Å². The topological polar surface area (TPSA) is 60.9 Å². The normalized spacial score (nSPS) is 39.7. The second-order valence-corrected chi connectivity index (χ2v) is 4.59. The van der Waals surface area contributed by atoms with Crippen LogP contribution in [0.4, 0.5) is 0 Å². The van der Waals surface area contributed by atoms with Crippen LogP contribution in [0.2, 0.25) is 0 Å². The second-order valence-electron chi connectivity index (χ2n) is 4.59. The lowest BCUT2D eigenvalue weighted by atomic mass is 10.1. The summed E-state index contributed by atoms with van der Waals surface area (Å²) in [5.74, 6) is 0.0716. The third-order valence-electron chi connectivity index (χ3n) is 3.67. The van der Waals surface area contributed by atoms with Crippen molar-refractivity contribution in [3.63, 3.8) is 0 Å². The van der Waals surface area contributed by atoms with Crippen LogP contribution in [0.5, 0.6) is 0 Å². The summed E-state index contributed by atoms with van der Waals surface area (Å²) in [5, 5.41) is 9.49. The van der Waals surface area contributed by atoms with E-state index in [9.17, 15) is 14.7 Å². The molecule has 3 rings (SSSR count). The lowest BCUT2D eigenvalue weighted by Crippen LogP contribution is -2.60. The maximum absolute atomic E-state index is 12.0. The minimum Gasteiger partial charge on any atom is -0.391 e. The SMILES string of the molecule is O=C1[C@H]2C[C@@H](O)CN2C(=O)[C@H]2CCCN12. The molecule has 0 bridgehead atoms. The van der Waals surface area contributed by atoms with Crippen molar-refractivity contribution in [2.75, 3.05) is 13.1 Å². The Morgan fingerprint density at radius 1 is 1.13 bits per heavy atom. The second kappa shape index (κ2) is 2.95. The summed E-state index contributed by atoms with van der Waals surface area (Å²) >= 11 is 0. The fraction of sp³-hybridized carbons (Fsp3) is 0.800. The van der Waals surface area contributed by atoms with Crippen LogP contribution in [-0.2, 0) is 9.59 Å². The summed E-state index contributed by atoms with van der Waals surface area (Å²) in [6, 6.07) is -0.624. The first-order chi connectivity index (χ1) is 7.18.